The van der Waals surface area contributed by atoms with Crippen LogP contribution in [0, 0.1) is 5.92 Å². The summed E-state index contributed by atoms with van der Waals surface area (Å²) < 4.78 is 4.80. The van der Waals surface area contributed by atoms with Gasteiger partial charge >= 0.3 is 50.5 Å². The molecule has 0 saturated carbocycles. The van der Waals surface area contributed by atoms with Crippen LogP contribution in [0.3, 0.4) is 0 Å². The second kappa shape index (κ2) is 3.85. The Labute approximate surface area is 51.0 Å². The monoisotopic (exact) mass is 121 g/mol. The third kappa shape index (κ3) is 4.67. The van der Waals surface area contributed by atoms with Crippen LogP contribution in [0.5, 0.6) is 0 Å². The summed E-state index contributed by atoms with van der Waals surface area (Å²) in [7, 11) is 0. The molecule has 0 amide bonds. The van der Waals surface area contributed by atoms with Crippen molar-refractivity contribution in [2.75, 3.05) is 6.61 Å². The number of rotatable bonds is 2. The molecule has 0 heterocycles. The molecule has 0 N–H and O–H groups in total. The molecule has 0 saturated heterocycles. The van der Waals surface area contributed by atoms with E-state index in [-0.39, 0.29) is 0 Å². The van der Waals surface area contributed by atoms with Gasteiger partial charge in [-0.1, -0.05) is 0 Å². The average molecular weight is 121 g/mol. The minimum atomic E-state index is 0.676. The van der Waals surface area contributed by atoms with Crippen molar-refractivity contribution in [2.24, 2.45) is 5.92 Å². The average Bonchev–Trinajstić information content (AvgIpc) is 1.35. The Balaban J connectivity index is 2.63. The van der Waals surface area contributed by atoms with Crippen LogP contribution in [-0.2, 0) is 24.1 Å². The standard InChI is InChI=1S/C4H9O.Ti/c1-4(2)3-5;/h4H,3H2,1-2H3;/q-1;+1. The molecule has 0 bridgehead atoms. The summed E-state index contributed by atoms with van der Waals surface area (Å²) in [6.45, 7) is 5.13. The zero-order valence-corrected chi connectivity index (χ0v) is 5.75. The molecular formula is C4H9OTi. The van der Waals surface area contributed by atoms with E-state index in [1.54, 1.807) is 20.8 Å². The summed E-state index contributed by atoms with van der Waals surface area (Å²) in [6.07, 6.45) is 0. The summed E-state index contributed by atoms with van der Waals surface area (Å²) in [6, 6.07) is 0. The minimum absolute atomic E-state index is 0.676. The van der Waals surface area contributed by atoms with Gasteiger partial charge in [0.1, 0.15) is 0 Å². The Morgan fingerprint density at radius 2 is 2.17 bits per heavy atom. The van der Waals surface area contributed by atoms with Gasteiger partial charge < -0.3 is 0 Å². The van der Waals surface area contributed by atoms with Crippen LogP contribution < -0.4 is 0 Å². The third-order valence-corrected chi connectivity index (χ3v) is 0.677. The van der Waals surface area contributed by atoms with Gasteiger partial charge in [0.2, 0.25) is 0 Å². The van der Waals surface area contributed by atoms with Crippen molar-refractivity contribution < 1.29 is 24.1 Å². The van der Waals surface area contributed by atoms with Crippen LogP contribution in [0.25, 0.3) is 0 Å². The number of hydrogen-bond donors (Lipinski definition) is 0. The molecule has 0 spiro atoms. The van der Waals surface area contributed by atoms with E-state index in [4.69, 9.17) is 3.32 Å². The predicted octanol–water partition coefficient (Wildman–Crippen LogP) is 1.12. The Morgan fingerprint density at radius 3 is 2.17 bits per heavy atom. The van der Waals surface area contributed by atoms with Gasteiger partial charge in [-0.15, -0.1) is 0 Å². The summed E-state index contributed by atoms with van der Waals surface area (Å²) >= 11 is 1.72. The molecule has 0 atom stereocenters. The van der Waals surface area contributed by atoms with E-state index in [9.17, 15) is 0 Å². The molecule has 0 aliphatic carbocycles. The van der Waals surface area contributed by atoms with Crippen molar-refractivity contribution in [1.29, 1.82) is 0 Å². The van der Waals surface area contributed by atoms with Gasteiger partial charge in [-0.05, 0) is 0 Å². The van der Waals surface area contributed by atoms with Gasteiger partial charge in [0, 0.05) is 0 Å². The SMILES string of the molecule is CC(C)C[O][Ti]. The van der Waals surface area contributed by atoms with Crippen molar-refractivity contribution in [3.8, 4) is 0 Å². The Kier molecular flexibility index (Phi) is 4.28. The van der Waals surface area contributed by atoms with E-state index in [2.05, 4.69) is 13.8 Å². The summed E-state index contributed by atoms with van der Waals surface area (Å²) in [5.41, 5.74) is 0. The molecular weight excluding hydrogens is 112 g/mol. The summed E-state index contributed by atoms with van der Waals surface area (Å²) in [5.74, 6) is 0.676. The normalized spacial score (nSPS) is 9.67. The molecule has 0 aromatic heterocycles. The van der Waals surface area contributed by atoms with Crippen molar-refractivity contribution in [1.82, 2.24) is 0 Å². The maximum absolute atomic E-state index is 4.80. The molecule has 0 unspecified atom stereocenters. The van der Waals surface area contributed by atoms with Gasteiger partial charge in [0.05, 0.1) is 0 Å². The third-order valence-electron chi connectivity index (χ3n) is 0.417. The zero-order valence-electron chi connectivity index (χ0n) is 4.19. The van der Waals surface area contributed by atoms with Crippen LogP contribution in [-0.4, -0.2) is 6.61 Å². The Bertz CT molecular complexity index is 28.7. The van der Waals surface area contributed by atoms with Crippen molar-refractivity contribution >= 4 is 0 Å². The van der Waals surface area contributed by atoms with Crippen molar-refractivity contribution in [2.45, 2.75) is 13.8 Å². The van der Waals surface area contributed by atoms with Crippen molar-refractivity contribution in [3.63, 3.8) is 0 Å². The quantitative estimate of drug-likeness (QED) is 0.497. The van der Waals surface area contributed by atoms with E-state index in [1.807, 2.05) is 0 Å². The van der Waals surface area contributed by atoms with Crippen LogP contribution in [0.1, 0.15) is 13.8 Å². The van der Waals surface area contributed by atoms with Gasteiger partial charge in [-0.3, -0.25) is 0 Å². The number of hydrogen-bond acceptors (Lipinski definition) is 1. The van der Waals surface area contributed by atoms with Gasteiger partial charge in [0.15, 0.2) is 0 Å². The van der Waals surface area contributed by atoms with Gasteiger partial charge in [-0.2, -0.15) is 0 Å². The Morgan fingerprint density at radius 1 is 1.67 bits per heavy atom. The first-order valence-electron chi connectivity index (χ1n) is 2.06. The van der Waals surface area contributed by atoms with E-state index in [0.717, 1.165) is 6.61 Å². The molecule has 0 aromatic rings. The molecule has 0 radical (unpaired) electrons. The van der Waals surface area contributed by atoms with Crippen LogP contribution in [0.2, 0.25) is 0 Å². The van der Waals surface area contributed by atoms with Crippen molar-refractivity contribution in [3.05, 3.63) is 0 Å². The fourth-order valence-electron chi connectivity index (χ4n) is 0.167. The van der Waals surface area contributed by atoms with E-state index < -0.39 is 0 Å². The van der Waals surface area contributed by atoms with Crippen LogP contribution in [0.15, 0.2) is 0 Å². The second-order valence-electron chi connectivity index (χ2n) is 1.70. The van der Waals surface area contributed by atoms with E-state index >= 15 is 0 Å². The predicted molar refractivity (Wildman–Crippen MR) is 20.8 cm³/mol. The zero-order chi connectivity index (χ0) is 4.99. The van der Waals surface area contributed by atoms with Gasteiger partial charge in [0.25, 0.3) is 0 Å². The topological polar surface area (TPSA) is 9.23 Å². The first-order chi connectivity index (χ1) is 2.77. The molecule has 35 valence electrons. The van der Waals surface area contributed by atoms with E-state index in [1.165, 1.54) is 0 Å². The first-order valence-corrected chi connectivity index (χ1v) is 2.69. The molecule has 6 heavy (non-hydrogen) atoms. The second-order valence-corrected chi connectivity index (χ2v) is 2.16. The molecule has 0 aliphatic rings. The van der Waals surface area contributed by atoms with Gasteiger partial charge in [-0.25, -0.2) is 0 Å². The molecule has 2 heteroatoms. The van der Waals surface area contributed by atoms with Crippen LogP contribution in [0.4, 0.5) is 0 Å². The summed E-state index contributed by atoms with van der Waals surface area (Å²) in [4.78, 5) is 0. The molecule has 0 fully saturated rings. The summed E-state index contributed by atoms with van der Waals surface area (Å²) in [5, 5.41) is 0. The molecule has 0 aliphatic heterocycles. The molecule has 0 aromatic carbocycles. The fourth-order valence-corrected chi connectivity index (χ4v) is 0.687. The maximum atomic E-state index is 4.80. The fraction of sp³-hybridized carbons (Fsp3) is 1.00. The van der Waals surface area contributed by atoms with Crippen LogP contribution >= 0.6 is 0 Å². The van der Waals surface area contributed by atoms with E-state index in [0.29, 0.717) is 5.92 Å². The first kappa shape index (κ1) is 6.67. The molecule has 1 nitrogen and oxygen atoms in total. The Hall–Kier alpha value is 0.674. The molecule has 0 rings (SSSR count).